The quantitative estimate of drug-likeness (QED) is 0.0475. The van der Waals surface area contributed by atoms with E-state index >= 15 is 0 Å². The first-order chi connectivity index (χ1) is 23.9. The van der Waals surface area contributed by atoms with E-state index in [1.54, 1.807) is 7.11 Å². The molecule has 1 rings (SSSR count). The molecule has 49 heavy (non-hydrogen) atoms. The van der Waals surface area contributed by atoms with Crippen LogP contribution in [0.1, 0.15) is 12.8 Å². The van der Waals surface area contributed by atoms with E-state index in [4.69, 9.17) is 77.0 Å². The molecule has 0 aromatic rings. The number of amides is 2. The van der Waals surface area contributed by atoms with E-state index in [1.807, 2.05) is 0 Å². The van der Waals surface area contributed by atoms with Gasteiger partial charge in [-0.3, -0.25) is 14.9 Å². The van der Waals surface area contributed by atoms with Crippen molar-refractivity contribution in [1.29, 1.82) is 0 Å². The summed E-state index contributed by atoms with van der Waals surface area (Å²) in [6, 6.07) is 0. The standard InChI is InChI=1S/C25H52O13.C4H5NO2.CH2O3/c1-27-4-5-29-8-9-31-12-13-33-16-17-35-20-21-37-24-25-38-23-22-36-19-18-34-15-14-32-11-10-30-7-6-28-3-2-26;6-3-1-2-4(7)5-3;2-1(3)4/h26H,2-25H2,1H3;1-2H2,(H,5,6,7);(H2,2,3,4). The van der Waals surface area contributed by atoms with Gasteiger partial charge in [-0.25, -0.2) is 4.79 Å². The molecule has 19 nitrogen and oxygen atoms in total. The minimum Gasteiger partial charge on any atom is -0.450 e. The van der Waals surface area contributed by atoms with Gasteiger partial charge in [0.05, 0.1) is 159 Å². The third-order valence-electron chi connectivity index (χ3n) is 5.25. The van der Waals surface area contributed by atoms with E-state index in [2.05, 4.69) is 5.32 Å². The van der Waals surface area contributed by atoms with Gasteiger partial charge in [0.15, 0.2) is 0 Å². The van der Waals surface area contributed by atoms with Gasteiger partial charge in [-0.05, 0) is 0 Å². The van der Waals surface area contributed by atoms with Crippen LogP contribution in [0.4, 0.5) is 4.79 Å². The maximum atomic E-state index is 10.1. The molecular weight excluding hydrogens is 662 g/mol. The first kappa shape index (κ1) is 49.0. The first-order valence-corrected chi connectivity index (χ1v) is 16.1. The van der Waals surface area contributed by atoms with Gasteiger partial charge >= 0.3 is 6.16 Å². The van der Waals surface area contributed by atoms with E-state index < -0.39 is 6.16 Å². The third-order valence-corrected chi connectivity index (χ3v) is 5.25. The molecule has 19 heteroatoms. The van der Waals surface area contributed by atoms with Crippen LogP contribution in [0.25, 0.3) is 0 Å². The summed E-state index contributed by atoms with van der Waals surface area (Å²) < 4.78 is 64.0. The number of aliphatic hydroxyl groups excluding tert-OH is 1. The highest BCUT2D eigenvalue weighted by Gasteiger charge is 2.15. The Balaban J connectivity index is 0. The van der Waals surface area contributed by atoms with Crippen molar-refractivity contribution in [2.45, 2.75) is 12.8 Å². The number of rotatable bonds is 35. The van der Waals surface area contributed by atoms with Crippen molar-refractivity contribution < 1.29 is 86.5 Å². The van der Waals surface area contributed by atoms with Gasteiger partial charge in [0, 0.05) is 20.0 Å². The smallest absolute Gasteiger partial charge is 0.450 e. The van der Waals surface area contributed by atoms with Crippen LogP contribution in [0.15, 0.2) is 0 Å². The summed E-state index contributed by atoms with van der Waals surface area (Å²) in [5.74, 6) is -0.296. The Hall–Kier alpha value is -2.11. The van der Waals surface area contributed by atoms with Crippen LogP contribution in [-0.4, -0.2) is 199 Å². The number of aliphatic hydroxyl groups is 1. The molecular formula is C30H59NO18. The highest BCUT2D eigenvalue weighted by Crippen LogP contribution is 1.96. The molecule has 0 saturated carbocycles. The van der Waals surface area contributed by atoms with Crippen molar-refractivity contribution in [3.05, 3.63) is 0 Å². The number of ether oxygens (including phenoxy) is 12. The molecule has 1 saturated heterocycles. The van der Waals surface area contributed by atoms with E-state index in [1.165, 1.54) is 0 Å². The Morgan fingerprint density at radius 1 is 0.449 bits per heavy atom. The van der Waals surface area contributed by atoms with Crippen LogP contribution in [0.2, 0.25) is 0 Å². The Labute approximate surface area is 288 Å². The molecule has 1 heterocycles. The van der Waals surface area contributed by atoms with Crippen LogP contribution in [0.5, 0.6) is 0 Å². The molecule has 0 atom stereocenters. The largest absolute Gasteiger partial charge is 0.503 e. The van der Waals surface area contributed by atoms with Gasteiger partial charge in [0.2, 0.25) is 11.8 Å². The van der Waals surface area contributed by atoms with E-state index in [9.17, 15) is 9.59 Å². The molecule has 0 unspecified atom stereocenters. The Morgan fingerprint density at radius 2 is 0.633 bits per heavy atom. The molecule has 0 aromatic heterocycles. The zero-order valence-electron chi connectivity index (χ0n) is 28.9. The molecule has 0 aliphatic carbocycles. The third kappa shape index (κ3) is 50.4. The van der Waals surface area contributed by atoms with Crippen LogP contribution < -0.4 is 5.32 Å². The molecule has 0 radical (unpaired) electrons. The number of methoxy groups -OCH3 is 1. The summed E-state index contributed by atoms with van der Waals surface area (Å²) in [5.41, 5.74) is 0. The van der Waals surface area contributed by atoms with E-state index in [0.29, 0.717) is 165 Å². The van der Waals surface area contributed by atoms with Gasteiger partial charge < -0.3 is 72.2 Å². The lowest BCUT2D eigenvalue weighted by atomic mass is 10.4. The van der Waals surface area contributed by atoms with Crippen LogP contribution in [-0.2, 0) is 66.4 Å². The SMILES string of the molecule is COCCOCCOCCOCCOCCOCCOCCOCCOCCOCCOCCOCCO.O=C(O)O.O=C1CCC(=O)N1. The van der Waals surface area contributed by atoms with E-state index in [-0.39, 0.29) is 18.4 Å². The number of hydrogen-bond acceptors (Lipinski definition) is 16. The summed E-state index contributed by atoms with van der Waals surface area (Å²) in [7, 11) is 1.64. The monoisotopic (exact) mass is 721 g/mol. The van der Waals surface area contributed by atoms with Gasteiger partial charge in [-0.15, -0.1) is 0 Å². The summed E-state index contributed by atoms with van der Waals surface area (Å²) in [6.07, 6.45) is -1.09. The average molecular weight is 722 g/mol. The van der Waals surface area contributed by atoms with Crippen molar-refractivity contribution in [2.75, 3.05) is 166 Å². The Bertz CT molecular complexity index is 652. The summed E-state index contributed by atoms with van der Waals surface area (Å²) in [6.45, 7) is 11.8. The number of imide groups is 1. The fourth-order valence-corrected chi connectivity index (χ4v) is 3.02. The second kappa shape index (κ2) is 43.9. The van der Waals surface area contributed by atoms with Gasteiger partial charge in [0.25, 0.3) is 0 Å². The zero-order chi connectivity index (χ0) is 36.3. The van der Waals surface area contributed by atoms with Crippen molar-refractivity contribution >= 4 is 18.0 Å². The molecule has 1 fully saturated rings. The second-order valence-corrected chi connectivity index (χ2v) is 9.21. The lowest BCUT2D eigenvalue weighted by molar-refractivity contribution is -0.124. The Morgan fingerprint density at radius 3 is 0.776 bits per heavy atom. The maximum absolute atomic E-state index is 10.1. The van der Waals surface area contributed by atoms with Gasteiger partial charge in [-0.1, -0.05) is 0 Å². The normalized spacial score (nSPS) is 12.3. The van der Waals surface area contributed by atoms with Crippen molar-refractivity contribution in [1.82, 2.24) is 5.32 Å². The van der Waals surface area contributed by atoms with Gasteiger partial charge in [0.1, 0.15) is 0 Å². The molecule has 0 spiro atoms. The molecule has 1 aliphatic rings. The second-order valence-electron chi connectivity index (χ2n) is 9.21. The van der Waals surface area contributed by atoms with Crippen LogP contribution >= 0.6 is 0 Å². The lowest BCUT2D eigenvalue weighted by Gasteiger charge is -2.09. The minimum atomic E-state index is -1.83. The molecule has 2 amide bonds. The van der Waals surface area contributed by atoms with Crippen LogP contribution in [0, 0.1) is 0 Å². The number of hydrogen-bond donors (Lipinski definition) is 4. The maximum Gasteiger partial charge on any atom is 0.503 e. The summed E-state index contributed by atoms with van der Waals surface area (Å²) >= 11 is 0. The van der Waals surface area contributed by atoms with Crippen molar-refractivity contribution in [2.24, 2.45) is 0 Å². The van der Waals surface area contributed by atoms with Crippen molar-refractivity contribution in [3.63, 3.8) is 0 Å². The number of carbonyl (C=O) groups excluding carboxylic acids is 2. The first-order valence-electron chi connectivity index (χ1n) is 16.1. The Kier molecular flexibility index (Phi) is 43.9. The fourth-order valence-electron chi connectivity index (χ4n) is 3.02. The average Bonchev–Trinajstić information content (AvgIpc) is 3.46. The number of carbonyl (C=O) groups is 3. The predicted octanol–water partition coefficient (Wildman–Crippen LogP) is -0.547. The summed E-state index contributed by atoms with van der Waals surface area (Å²) in [4.78, 5) is 28.8. The molecule has 292 valence electrons. The number of nitrogens with one attached hydrogen (secondary N) is 1. The molecule has 0 bridgehead atoms. The fraction of sp³-hybridized carbons (Fsp3) is 0.900. The lowest BCUT2D eigenvalue weighted by Crippen LogP contribution is -2.18. The predicted molar refractivity (Wildman–Crippen MR) is 171 cm³/mol. The topological polar surface area (TPSA) is 235 Å². The van der Waals surface area contributed by atoms with Crippen molar-refractivity contribution in [3.8, 4) is 0 Å². The zero-order valence-corrected chi connectivity index (χ0v) is 28.9. The van der Waals surface area contributed by atoms with Crippen LogP contribution in [0.3, 0.4) is 0 Å². The number of carboxylic acid groups (broad SMARTS) is 2. The highest BCUT2D eigenvalue weighted by molar-refractivity contribution is 6.01. The highest BCUT2D eigenvalue weighted by atomic mass is 16.6. The molecule has 0 aromatic carbocycles. The minimum absolute atomic E-state index is 0.0269. The molecule has 1 aliphatic heterocycles. The summed E-state index contributed by atoms with van der Waals surface area (Å²) in [5, 5.41) is 24.6. The van der Waals surface area contributed by atoms with E-state index in [0.717, 1.165) is 0 Å². The van der Waals surface area contributed by atoms with Gasteiger partial charge in [-0.2, -0.15) is 0 Å². The molecule has 4 N–H and O–H groups in total.